The van der Waals surface area contributed by atoms with Gasteiger partial charge in [-0.05, 0) is 315 Å². The van der Waals surface area contributed by atoms with Crippen LogP contribution in [0, 0.1) is 21.7 Å². The molecule has 0 amide bonds. The molecule has 0 N–H and O–H groups in total. The van der Waals surface area contributed by atoms with Crippen LogP contribution in [0.3, 0.4) is 0 Å². The number of piperazine rings is 1. The number of nitrogens with zero attached hydrogens (tertiary/aromatic N) is 5. The van der Waals surface area contributed by atoms with Gasteiger partial charge in [0.15, 0.2) is 5.79 Å². The van der Waals surface area contributed by atoms with E-state index in [0.29, 0.717) is 31.2 Å². The maximum atomic E-state index is 6.32. The molecule has 0 atom stereocenters. The normalized spacial score (nSPS) is 32.7. The van der Waals surface area contributed by atoms with Gasteiger partial charge in [-0.25, -0.2) is 0 Å². The average Bonchev–Trinajstić information content (AvgIpc) is 3.49. The van der Waals surface area contributed by atoms with Gasteiger partial charge >= 0.3 is 0 Å². The smallest absolute Gasteiger partial charge is 0.164 e. The summed E-state index contributed by atoms with van der Waals surface area (Å²) >= 11 is 4.22. The topological polar surface area (TPSA) is 53.1 Å². The minimum absolute atomic E-state index is 0.0337. The molecule has 0 radical (unpaired) electrons. The van der Waals surface area contributed by atoms with E-state index < -0.39 is 5.79 Å². The van der Waals surface area contributed by atoms with Crippen LogP contribution in [-0.4, -0.2) is 174 Å². The summed E-state index contributed by atoms with van der Waals surface area (Å²) in [6.45, 7) is 114. The van der Waals surface area contributed by atoms with Crippen LogP contribution in [0.1, 0.15) is 346 Å². The quantitative estimate of drug-likeness (QED) is 0.233. The first-order valence-corrected chi connectivity index (χ1v) is 37.1. The van der Waals surface area contributed by atoms with Gasteiger partial charge in [-0.1, -0.05) is 83.1 Å². The summed E-state index contributed by atoms with van der Waals surface area (Å²) in [4.78, 5) is 12.6. The molecule has 9 nitrogen and oxygen atoms in total. The summed E-state index contributed by atoms with van der Waals surface area (Å²) in [7, 11) is 11.2. The number of likely N-dealkylation sites (tertiary alicyclic amines) is 1. The van der Waals surface area contributed by atoms with E-state index in [1.54, 1.807) is 0 Å². The number of ether oxygens (including phenoxy) is 4. The Balaban J connectivity index is 0.000000534. The molecule has 7 rings (SSSR count). The molecule has 91 heavy (non-hydrogen) atoms. The van der Waals surface area contributed by atoms with E-state index in [4.69, 9.17) is 18.9 Å². The van der Waals surface area contributed by atoms with Crippen molar-refractivity contribution in [3.05, 3.63) is 0 Å². The SMILES string of the molecule is CC1(C)OC(C)(C)C(C)(C)O1.CC1(C)OC(C)(C)C1(C)C.CC1(C)SC(C)(C)C1(C)C.CN1C(C)(C)C(C)(C)C(C)(C)C1(C)C.CN1C(C)(C)C(C)(C)N(C)C(C)(C)C1(C)C.CN1C(C)(C)C(C)(C)OC(C)(C)C1(C)C.CN1C(C)(C)C(C)(C)SC(C)(C)C1(C)C. The fourth-order valence-corrected chi connectivity index (χ4v) is 19.7. The first kappa shape index (κ1) is 89.4. The van der Waals surface area contributed by atoms with Crippen molar-refractivity contribution in [1.29, 1.82) is 0 Å². The fraction of sp³-hybridized carbons (Fsp3) is 1.00. The minimum atomic E-state index is -0.438. The van der Waals surface area contributed by atoms with E-state index in [1.807, 2.05) is 13.8 Å². The van der Waals surface area contributed by atoms with E-state index in [9.17, 15) is 0 Å². The Morgan fingerprint density at radius 2 is 0.352 bits per heavy atom. The monoisotopic (exact) mass is 1320 g/mol. The predicted octanol–water partition coefficient (Wildman–Crippen LogP) is 21.6. The lowest BCUT2D eigenvalue weighted by atomic mass is 9.57. The van der Waals surface area contributed by atoms with Crippen molar-refractivity contribution in [2.75, 3.05) is 35.2 Å². The standard InChI is InChI=1S/C14H30N2.C13H27NO.C13H27NS.C13H27N.C9H18O2.C9H18O.C9H18S/c1-11(2)12(3,4)16(10)14(7,8)13(5,6)15(11)9;2*1-10(2)12(5,6)15-13(7,8)11(3,4)14(10)9;1-10(2)11(3,4)13(7,8)14(9)12(10,5)6;1-7(2)8(3,4)11-9(5,6)10-7;2*1-7(2)8(3,4)10-9(7,5)6/h1-10H3;2*1-9H3;1-9H3;1-6H3;2*1-6H3. The average molecular weight is 1330 g/mol. The van der Waals surface area contributed by atoms with Crippen molar-refractivity contribution in [2.24, 2.45) is 21.7 Å². The van der Waals surface area contributed by atoms with Crippen LogP contribution in [0.4, 0.5) is 0 Å². The molecule has 0 unspecified atom stereocenters. The molecular formula is C80H165N5O4S2. The maximum absolute atomic E-state index is 6.32. The highest BCUT2D eigenvalue weighted by molar-refractivity contribution is 8.03. The van der Waals surface area contributed by atoms with E-state index >= 15 is 0 Å². The van der Waals surface area contributed by atoms with Crippen LogP contribution >= 0.6 is 23.5 Å². The highest BCUT2D eigenvalue weighted by Gasteiger charge is 2.67. The number of morpholine rings is 1. The number of hydrogen-bond donors (Lipinski definition) is 0. The zero-order valence-corrected chi connectivity index (χ0v) is 73.8. The first-order valence-electron chi connectivity index (χ1n) is 35.4. The molecule has 0 aromatic rings. The lowest BCUT2D eigenvalue weighted by Gasteiger charge is -2.70. The summed E-state index contributed by atoms with van der Waals surface area (Å²) in [6, 6.07) is 0. The van der Waals surface area contributed by atoms with Crippen LogP contribution in [0.2, 0.25) is 0 Å². The molecule has 0 saturated carbocycles. The number of thioether (sulfide) groups is 2. The Morgan fingerprint density at radius 1 is 0.165 bits per heavy atom. The third-order valence-electron chi connectivity index (χ3n) is 32.4. The van der Waals surface area contributed by atoms with E-state index in [-0.39, 0.29) is 98.5 Å². The van der Waals surface area contributed by atoms with Gasteiger partial charge in [0.05, 0.1) is 33.6 Å². The van der Waals surface area contributed by atoms with Crippen molar-refractivity contribution < 1.29 is 18.9 Å². The number of rotatable bonds is 0. The molecule has 7 saturated heterocycles. The number of hydrogen-bond acceptors (Lipinski definition) is 11. The molecule has 546 valence electrons. The van der Waals surface area contributed by atoms with Gasteiger partial charge in [-0.2, -0.15) is 0 Å². The lowest BCUT2D eigenvalue weighted by Crippen LogP contribution is -2.82. The predicted molar refractivity (Wildman–Crippen MR) is 409 cm³/mol. The number of likely N-dealkylation sites (N-methyl/N-ethyl adjacent to an activating group) is 3. The second kappa shape index (κ2) is 24.6. The van der Waals surface area contributed by atoms with Crippen LogP contribution < -0.4 is 0 Å². The third-order valence-corrected chi connectivity index (χ3v) is 36.5. The summed E-state index contributed by atoms with van der Waals surface area (Å²) in [5.74, 6) is -0.438. The van der Waals surface area contributed by atoms with Gasteiger partial charge < -0.3 is 18.9 Å². The second-order valence-electron chi connectivity index (χ2n) is 42.0. The molecule has 0 aliphatic carbocycles. The van der Waals surface area contributed by atoms with Gasteiger partial charge in [0.1, 0.15) is 0 Å². The van der Waals surface area contributed by atoms with Crippen molar-refractivity contribution in [1.82, 2.24) is 24.5 Å². The fourth-order valence-electron chi connectivity index (χ4n) is 15.5. The van der Waals surface area contributed by atoms with Crippen LogP contribution in [-0.2, 0) is 18.9 Å². The largest absolute Gasteiger partial charge is 0.368 e. The first-order chi connectivity index (χ1) is 38.5. The Kier molecular flexibility index (Phi) is 24.1. The zero-order chi connectivity index (χ0) is 74.6. The van der Waals surface area contributed by atoms with Crippen molar-refractivity contribution >= 4 is 23.5 Å². The van der Waals surface area contributed by atoms with Gasteiger partial charge in [0.25, 0.3) is 0 Å². The Hall–Kier alpha value is 0.340. The van der Waals surface area contributed by atoms with Gasteiger partial charge in [0, 0.05) is 79.8 Å². The van der Waals surface area contributed by atoms with Crippen LogP contribution in [0.5, 0.6) is 0 Å². The highest BCUT2D eigenvalue weighted by Crippen LogP contribution is 2.67. The van der Waals surface area contributed by atoms with Gasteiger partial charge in [0.2, 0.25) is 0 Å². The molecule has 7 fully saturated rings. The van der Waals surface area contributed by atoms with E-state index in [0.717, 1.165) is 0 Å². The lowest BCUT2D eigenvalue weighted by molar-refractivity contribution is -0.339. The van der Waals surface area contributed by atoms with Crippen molar-refractivity contribution in [3.8, 4) is 0 Å². The zero-order valence-electron chi connectivity index (χ0n) is 72.2. The molecule has 7 aliphatic heterocycles. The van der Waals surface area contributed by atoms with Gasteiger partial charge in [-0.15, -0.1) is 23.5 Å². The van der Waals surface area contributed by atoms with E-state index in [2.05, 4.69) is 416 Å². The molecule has 0 aromatic carbocycles. The summed E-state index contributed by atoms with van der Waals surface area (Å²) in [5.41, 5.74) is 2.46. The second-order valence-corrected chi connectivity index (χ2v) is 46.5. The Labute approximate surface area is 580 Å². The molecule has 0 bridgehead atoms. The van der Waals surface area contributed by atoms with E-state index in [1.165, 1.54) is 0 Å². The summed E-state index contributed by atoms with van der Waals surface area (Å²) in [6.07, 6.45) is 0. The highest BCUT2D eigenvalue weighted by atomic mass is 32.2. The summed E-state index contributed by atoms with van der Waals surface area (Å²) in [5, 5.41) is 0. The molecule has 11 heteroatoms. The summed E-state index contributed by atoms with van der Waals surface area (Å²) < 4.78 is 25.0. The third kappa shape index (κ3) is 14.3. The molecule has 7 aliphatic rings. The van der Waals surface area contributed by atoms with Crippen molar-refractivity contribution in [2.45, 2.75) is 460 Å². The molecule has 0 spiro atoms. The van der Waals surface area contributed by atoms with Crippen LogP contribution in [0.25, 0.3) is 0 Å². The molecule has 7 heterocycles. The molecule has 0 aromatic heterocycles. The Morgan fingerprint density at radius 3 is 0.484 bits per heavy atom. The molecular weight excluding hydrogens is 1160 g/mol. The Bertz CT molecular complexity index is 2220. The minimum Gasteiger partial charge on any atom is -0.368 e. The van der Waals surface area contributed by atoms with Crippen LogP contribution in [0.15, 0.2) is 0 Å². The maximum Gasteiger partial charge on any atom is 0.164 e. The van der Waals surface area contributed by atoms with Gasteiger partial charge in [-0.3, -0.25) is 24.5 Å². The van der Waals surface area contributed by atoms with Crippen molar-refractivity contribution in [3.63, 3.8) is 0 Å².